The molecule has 0 aliphatic carbocycles. The molecule has 0 atom stereocenters. The third-order valence-electron chi connectivity index (χ3n) is 6.84. The summed E-state index contributed by atoms with van der Waals surface area (Å²) in [5, 5.41) is 0. The summed E-state index contributed by atoms with van der Waals surface area (Å²) in [5.41, 5.74) is 9.22. The summed E-state index contributed by atoms with van der Waals surface area (Å²) < 4.78 is 1.83. The predicted octanol–water partition coefficient (Wildman–Crippen LogP) is -0.706. The molecule has 0 heterocycles. The van der Waals surface area contributed by atoms with Gasteiger partial charge in [-0.2, -0.15) is 0 Å². The minimum absolute atomic E-state index is 0. The van der Waals surface area contributed by atoms with Gasteiger partial charge in [-0.05, 0) is 64.6 Å². The average Bonchev–Trinajstić information content (AvgIpc) is 2.86. The minimum Gasteiger partial charge on any atom is -1.00 e. The highest BCUT2D eigenvalue weighted by Crippen LogP contribution is 2.28. The van der Waals surface area contributed by atoms with Crippen LogP contribution in [-0.4, -0.2) is 103 Å². The summed E-state index contributed by atoms with van der Waals surface area (Å²) in [6.07, 6.45) is 10.2. The van der Waals surface area contributed by atoms with Crippen molar-refractivity contribution < 1.29 is 33.8 Å². The van der Waals surface area contributed by atoms with E-state index in [-0.39, 0.29) is 24.8 Å². The Labute approximate surface area is 257 Å². The zero-order chi connectivity index (χ0) is 28.2. The molecular formula is C33H53Cl2N5. The SMILES string of the molecule is CCc1c(C=NCCc2ccccc2)c(CC)c(C=NCC[N+](C)(C)C)c(CC)c1C=NCC[N+](C)(C)C.[Cl-].[Cl-]. The molecule has 0 aromatic heterocycles. The van der Waals surface area contributed by atoms with Crippen LogP contribution >= 0.6 is 0 Å². The van der Waals surface area contributed by atoms with Crippen molar-refractivity contribution in [2.45, 2.75) is 46.5 Å². The first-order valence-corrected chi connectivity index (χ1v) is 14.4. The zero-order valence-corrected chi connectivity index (χ0v) is 28.0. The van der Waals surface area contributed by atoms with Crippen LogP contribution in [0.2, 0.25) is 0 Å². The molecule has 0 bridgehead atoms. The number of benzene rings is 2. The smallest absolute Gasteiger partial charge is 0.0979 e. The van der Waals surface area contributed by atoms with E-state index in [9.17, 15) is 0 Å². The molecule has 0 fully saturated rings. The molecule has 7 heteroatoms. The van der Waals surface area contributed by atoms with Crippen LogP contribution in [0.15, 0.2) is 45.3 Å². The van der Waals surface area contributed by atoms with E-state index in [2.05, 4.69) is 112 Å². The normalized spacial score (nSPS) is 12.3. The summed E-state index contributed by atoms with van der Waals surface area (Å²) in [6, 6.07) is 10.6. The number of rotatable bonds is 15. The van der Waals surface area contributed by atoms with E-state index in [4.69, 9.17) is 15.0 Å². The van der Waals surface area contributed by atoms with Crippen molar-refractivity contribution in [1.29, 1.82) is 0 Å². The summed E-state index contributed by atoms with van der Waals surface area (Å²) in [4.78, 5) is 14.8. The Morgan fingerprint density at radius 1 is 0.550 bits per heavy atom. The van der Waals surface area contributed by atoms with Gasteiger partial charge in [-0.25, -0.2) is 0 Å². The average molecular weight is 591 g/mol. The van der Waals surface area contributed by atoms with Gasteiger partial charge in [-0.3, -0.25) is 15.0 Å². The Kier molecular flexibility index (Phi) is 17.5. The number of likely N-dealkylation sites (N-methyl/N-ethyl adjacent to an activating group) is 2. The van der Waals surface area contributed by atoms with E-state index in [0.717, 1.165) is 67.4 Å². The molecule has 5 nitrogen and oxygen atoms in total. The number of hydrogen-bond acceptors (Lipinski definition) is 3. The van der Waals surface area contributed by atoms with E-state index >= 15 is 0 Å². The molecule has 0 aliphatic heterocycles. The van der Waals surface area contributed by atoms with Crippen molar-refractivity contribution in [3.63, 3.8) is 0 Å². The molecule has 0 unspecified atom stereocenters. The highest BCUT2D eigenvalue weighted by molar-refractivity contribution is 5.99. The quantitative estimate of drug-likeness (QED) is 0.194. The molecule has 2 aromatic rings. The Morgan fingerprint density at radius 3 is 1.23 bits per heavy atom. The molecule has 0 amide bonds. The van der Waals surface area contributed by atoms with E-state index < -0.39 is 0 Å². The first-order chi connectivity index (χ1) is 18.0. The fraction of sp³-hybridized carbons (Fsp3) is 0.545. The lowest BCUT2D eigenvalue weighted by molar-refractivity contribution is -0.868. The Hall–Kier alpha value is -2.05. The fourth-order valence-electron chi connectivity index (χ4n) is 4.61. The lowest BCUT2D eigenvalue weighted by Gasteiger charge is -2.23. The van der Waals surface area contributed by atoms with Crippen molar-refractivity contribution in [3.8, 4) is 0 Å². The second-order valence-electron chi connectivity index (χ2n) is 12.1. The summed E-state index contributed by atoms with van der Waals surface area (Å²) in [7, 11) is 13.3. The molecule has 224 valence electrons. The number of aliphatic imine (C=N–C) groups is 3. The van der Waals surface area contributed by atoms with Gasteiger partial charge in [0.25, 0.3) is 0 Å². The minimum atomic E-state index is 0. The second-order valence-corrected chi connectivity index (χ2v) is 12.1. The molecule has 0 spiro atoms. The van der Waals surface area contributed by atoms with Crippen LogP contribution in [-0.2, 0) is 25.7 Å². The van der Waals surface area contributed by atoms with E-state index in [1.165, 1.54) is 38.9 Å². The third-order valence-corrected chi connectivity index (χ3v) is 6.84. The summed E-state index contributed by atoms with van der Waals surface area (Å²) in [5.74, 6) is 0. The number of hydrogen-bond donors (Lipinski definition) is 0. The van der Waals surface area contributed by atoms with Crippen molar-refractivity contribution in [2.24, 2.45) is 15.0 Å². The van der Waals surface area contributed by atoms with Gasteiger partial charge in [0.05, 0.1) is 68.5 Å². The second kappa shape index (κ2) is 18.4. The Morgan fingerprint density at radius 2 is 0.900 bits per heavy atom. The highest BCUT2D eigenvalue weighted by atomic mass is 35.5. The largest absolute Gasteiger partial charge is 1.00 e. The van der Waals surface area contributed by atoms with Gasteiger partial charge in [-0.1, -0.05) is 51.1 Å². The van der Waals surface area contributed by atoms with E-state index in [1.54, 1.807) is 0 Å². The molecule has 2 aromatic carbocycles. The summed E-state index contributed by atoms with van der Waals surface area (Å²) >= 11 is 0. The van der Waals surface area contributed by atoms with Crippen LogP contribution in [0.3, 0.4) is 0 Å². The molecule has 0 N–H and O–H groups in total. The van der Waals surface area contributed by atoms with Crippen molar-refractivity contribution in [2.75, 3.05) is 75.0 Å². The van der Waals surface area contributed by atoms with Gasteiger partial charge in [-0.15, -0.1) is 0 Å². The molecular weight excluding hydrogens is 537 g/mol. The Balaban J connectivity index is 0.00000760. The fourth-order valence-corrected chi connectivity index (χ4v) is 4.61. The van der Waals surface area contributed by atoms with Crippen molar-refractivity contribution in [3.05, 3.63) is 69.3 Å². The number of nitrogens with zero attached hydrogens (tertiary/aromatic N) is 5. The maximum atomic E-state index is 4.93. The van der Waals surface area contributed by atoms with Crippen LogP contribution in [0, 0.1) is 0 Å². The van der Waals surface area contributed by atoms with Gasteiger partial charge in [0.2, 0.25) is 0 Å². The maximum Gasteiger partial charge on any atom is 0.0979 e. The highest BCUT2D eigenvalue weighted by Gasteiger charge is 2.19. The molecule has 0 saturated carbocycles. The molecule has 2 rings (SSSR count). The van der Waals surface area contributed by atoms with Gasteiger partial charge in [0, 0.05) is 25.2 Å². The molecule has 0 saturated heterocycles. The molecule has 0 radical (unpaired) electrons. The van der Waals surface area contributed by atoms with Gasteiger partial charge < -0.3 is 33.8 Å². The number of halogens is 2. The predicted molar refractivity (Wildman–Crippen MR) is 168 cm³/mol. The van der Waals surface area contributed by atoms with Crippen LogP contribution in [0.25, 0.3) is 0 Å². The molecule has 40 heavy (non-hydrogen) atoms. The van der Waals surface area contributed by atoms with Crippen molar-refractivity contribution >= 4 is 18.6 Å². The number of quaternary nitrogens is 2. The van der Waals surface area contributed by atoms with Gasteiger partial charge in [0.1, 0.15) is 0 Å². The zero-order valence-electron chi connectivity index (χ0n) is 26.5. The molecule has 0 aliphatic rings. The van der Waals surface area contributed by atoms with Crippen molar-refractivity contribution in [1.82, 2.24) is 0 Å². The van der Waals surface area contributed by atoms with Crippen LogP contribution in [0.4, 0.5) is 0 Å². The lowest BCUT2D eigenvalue weighted by Crippen LogP contribution is -3.00. The van der Waals surface area contributed by atoms with Crippen LogP contribution in [0.1, 0.15) is 59.7 Å². The first-order valence-electron chi connectivity index (χ1n) is 14.4. The van der Waals surface area contributed by atoms with Gasteiger partial charge in [0.15, 0.2) is 0 Å². The van der Waals surface area contributed by atoms with Gasteiger partial charge >= 0.3 is 0 Å². The third kappa shape index (κ3) is 12.6. The summed E-state index contributed by atoms with van der Waals surface area (Å²) in [6.45, 7) is 11.2. The standard InChI is InChI=1S/C33H53N5.2ClH/c1-10-28-31(24-34-19-18-27-16-14-13-15-17-27)29(11-2)33(26-36-21-23-38(7,8)9)30(12-3)32(28)25-35-20-22-37(4,5)6;;/h13-17,24-26H,10-12,18-23H2,1-9H3;2*1H/q+2;;/p-2. The topological polar surface area (TPSA) is 37.1 Å². The Bertz CT molecular complexity index is 1040. The lowest BCUT2D eigenvalue weighted by atomic mass is 9.84. The van der Waals surface area contributed by atoms with E-state index in [1.807, 2.05) is 0 Å². The van der Waals surface area contributed by atoms with Crippen LogP contribution in [0.5, 0.6) is 0 Å². The first kappa shape index (κ1) is 38.0. The van der Waals surface area contributed by atoms with Crippen LogP contribution < -0.4 is 24.8 Å². The van der Waals surface area contributed by atoms with E-state index in [0.29, 0.717) is 0 Å². The maximum absolute atomic E-state index is 4.93. The monoisotopic (exact) mass is 589 g/mol.